The number of benzene rings is 1. The number of unbranched alkanes of at least 4 members (excludes halogenated alkanes) is 1. The minimum atomic E-state index is -0.501. The molecule has 0 bridgehead atoms. The minimum absolute atomic E-state index is 0.0465. The van der Waals surface area contributed by atoms with Gasteiger partial charge in [-0.25, -0.2) is 14.4 Å². The molecule has 0 saturated heterocycles. The molecule has 0 spiro atoms. The lowest BCUT2D eigenvalue weighted by Crippen LogP contribution is -2.24. The predicted molar refractivity (Wildman–Crippen MR) is 135 cm³/mol. The molecule has 1 aromatic carbocycles. The van der Waals surface area contributed by atoms with Crippen LogP contribution < -0.4 is 0 Å². The maximum Gasteiger partial charge on any atom is 0.338 e. The van der Waals surface area contributed by atoms with Gasteiger partial charge in [0, 0.05) is 12.2 Å². The number of hydrogen-bond donors (Lipinski definition) is 1. The zero-order valence-electron chi connectivity index (χ0n) is 20.7. The van der Waals surface area contributed by atoms with Gasteiger partial charge in [-0.1, -0.05) is 69.5 Å². The van der Waals surface area contributed by atoms with E-state index in [0.29, 0.717) is 12.2 Å². The molecule has 0 amide bonds. The number of aliphatic hydroxyl groups is 1. The first-order chi connectivity index (χ1) is 16.0. The Hall–Kier alpha value is -3.45. The molecule has 0 radical (unpaired) electrons. The molecule has 0 aliphatic heterocycles. The SMILES string of the molecule is C=C(C=Cc1ccccc1)C(=O)OC(C)(C)C.C=CC(=O)OCCCC.C=CC(=O)OCCO. The van der Waals surface area contributed by atoms with Crippen molar-refractivity contribution in [2.45, 2.75) is 46.1 Å². The molecule has 0 atom stereocenters. The number of carbonyl (C=O) groups is 3. The van der Waals surface area contributed by atoms with Crippen molar-refractivity contribution in [2.24, 2.45) is 0 Å². The molecule has 1 N–H and O–H groups in total. The first-order valence-electron chi connectivity index (χ1n) is 10.8. The second kappa shape index (κ2) is 20.2. The van der Waals surface area contributed by atoms with Gasteiger partial charge in [0.05, 0.1) is 18.8 Å². The molecule has 1 aromatic rings. The van der Waals surface area contributed by atoms with Gasteiger partial charge in [-0.3, -0.25) is 0 Å². The van der Waals surface area contributed by atoms with Crippen LogP contribution in [0.4, 0.5) is 0 Å². The van der Waals surface area contributed by atoms with E-state index in [1.807, 2.05) is 64.1 Å². The van der Waals surface area contributed by atoms with Crippen molar-refractivity contribution < 1.29 is 33.7 Å². The van der Waals surface area contributed by atoms with E-state index in [1.165, 1.54) is 6.08 Å². The Labute approximate surface area is 203 Å². The molecule has 188 valence electrons. The molecule has 0 saturated carbocycles. The Morgan fingerprint density at radius 2 is 1.50 bits per heavy atom. The van der Waals surface area contributed by atoms with Crippen LogP contribution in [0.3, 0.4) is 0 Å². The monoisotopic (exact) mass is 474 g/mol. The highest BCUT2D eigenvalue weighted by atomic mass is 16.6. The fraction of sp³-hybridized carbons (Fsp3) is 0.370. The summed E-state index contributed by atoms with van der Waals surface area (Å²) in [5.74, 6) is -1.22. The Kier molecular flexibility index (Phi) is 19.4. The van der Waals surface area contributed by atoms with Gasteiger partial charge in [-0.2, -0.15) is 0 Å². The molecule has 0 heterocycles. The second-order valence-electron chi connectivity index (χ2n) is 7.59. The fourth-order valence-electron chi connectivity index (χ4n) is 1.75. The van der Waals surface area contributed by atoms with E-state index >= 15 is 0 Å². The van der Waals surface area contributed by atoms with E-state index < -0.39 is 11.6 Å². The zero-order chi connectivity index (χ0) is 26.4. The maximum absolute atomic E-state index is 11.6. The van der Waals surface area contributed by atoms with Gasteiger partial charge in [0.1, 0.15) is 12.2 Å². The van der Waals surface area contributed by atoms with Gasteiger partial charge < -0.3 is 19.3 Å². The number of esters is 3. The van der Waals surface area contributed by atoms with E-state index in [-0.39, 0.29) is 25.2 Å². The van der Waals surface area contributed by atoms with E-state index in [1.54, 1.807) is 6.08 Å². The van der Waals surface area contributed by atoms with Crippen LogP contribution in [0, 0.1) is 0 Å². The molecule has 1 rings (SSSR count). The van der Waals surface area contributed by atoms with Crippen molar-refractivity contribution in [1.82, 2.24) is 0 Å². The summed E-state index contributed by atoms with van der Waals surface area (Å²) in [4.78, 5) is 32.1. The van der Waals surface area contributed by atoms with Crippen LogP contribution in [0.15, 0.2) is 73.9 Å². The van der Waals surface area contributed by atoms with E-state index in [9.17, 15) is 14.4 Å². The number of aliphatic hydroxyl groups excluding tert-OH is 1. The first kappa shape index (κ1) is 32.7. The molecule has 0 aromatic heterocycles. The van der Waals surface area contributed by atoms with E-state index in [0.717, 1.165) is 24.5 Å². The molecule has 7 nitrogen and oxygen atoms in total. The highest BCUT2D eigenvalue weighted by Crippen LogP contribution is 2.12. The quantitative estimate of drug-likeness (QED) is 0.171. The average Bonchev–Trinajstić information content (AvgIpc) is 2.81. The Balaban J connectivity index is 0. The summed E-state index contributed by atoms with van der Waals surface area (Å²) >= 11 is 0. The Morgan fingerprint density at radius 3 is 1.94 bits per heavy atom. The van der Waals surface area contributed by atoms with Crippen LogP contribution in [0.2, 0.25) is 0 Å². The largest absolute Gasteiger partial charge is 0.463 e. The van der Waals surface area contributed by atoms with Crippen molar-refractivity contribution in [3.8, 4) is 0 Å². The lowest BCUT2D eigenvalue weighted by Gasteiger charge is -2.19. The Bertz CT molecular complexity index is 787. The summed E-state index contributed by atoms with van der Waals surface area (Å²) in [5, 5.41) is 8.10. The maximum atomic E-state index is 11.6. The summed E-state index contributed by atoms with van der Waals surface area (Å²) in [6.07, 6.45) is 7.71. The summed E-state index contributed by atoms with van der Waals surface area (Å²) in [6, 6.07) is 9.74. The lowest BCUT2D eigenvalue weighted by atomic mass is 10.1. The van der Waals surface area contributed by atoms with Crippen molar-refractivity contribution >= 4 is 24.0 Å². The van der Waals surface area contributed by atoms with Gasteiger partial charge in [0.2, 0.25) is 0 Å². The third-order valence-electron chi connectivity index (χ3n) is 3.35. The smallest absolute Gasteiger partial charge is 0.338 e. The van der Waals surface area contributed by atoms with Crippen LogP contribution >= 0.6 is 0 Å². The molecular formula is C27H38O7. The van der Waals surface area contributed by atoms with Gasteiger partial charge in [0.25, 0.3) is 0 Å². The van der Waals surface area contributed by atoms with Crippen molar-refractivity contribution in [3.63, 3.8) is 0 Å². The highest BCUT2D eigenvalue weighted by molar-refractivity contribution is 5.92. The van der Waals surface area contributed by atoms with Crippen molar-refractivity contribution in [2.75, 3.05) is 19.8 Å². The van der Waals surface area contributed by atoms with Crippen LogP contribution in [-0.4, -0.2) is 48.4 Å². The predicted octanol–water partition coefficient (Wildman–Crippen LogP) is 4.82. The molecule has 0 aliphatic rings. The van der Waals surface area contributed by atoms with Gasteiger partial charge in [-0.15, -0.1) is 0 Å². The lowest BCUT2D eigenvalue weighted by molar-refractivity contribution is -0.149. The van der Waals surface area contributed by atoms with Gasteiger partial charge in [0.15, 0.2) is 0 Å². The normalized spacial score (nSPS) is 9.91. The van der Waals surface area contributed by atoms with Crippen LogP contribution in [0.5, 0.6) is 0 Å². The third-order valence-corrected chi connectivity index (χ3v) is 3.35. The summed E-state index contributed by atoms with van der Waals surface area (Å²) in [5.41, 5.74) is 0.890. The summed E-state index contributed by atoms with van der Waals surface area (Å²) < 4.78 is 14.2. The average molecular weight is 475 g/mol. The van der Waals surface area contributed by atoms with Crippen LogP contribution in [0.1, 0.15) is 46.1 Å². The molecular weight excluding hydrogens is 436 g/mol. The van der Waals surface area contributed by atoms with E-state index in [4.69, 9.17) is 9.84 Å². The van der Waals surface area contributed by atoms with Crippen LogP contribution in [0.25, 0.3) is 6.08 Å². The number of carbonyl (C=O) groups excluding carboxylic acids is 3. The summed E-state index contributed by atoms with van der Waals surface area (Å²) in [7, 11) is 0. The fourth-order valence-corrected chi connectivity index (χ4v) is 1.75. The Morgan fingerprint density at radius 1 is 0.971 bits per heavy atom. The first-order valence-corrected chi connectivity index (χ1v) is 10.8. The number of hydrogen-bond acceptors (Lipinski definition) is 7. The standard InChI is InChI=1S/C15H18O2.C7H12O2.C5H8O3/c1-12(14(16)17-15(2,3)4)10-11-13-8-6-5-7-9-13;1-3-5-6-9-7(8)4-2;1-2-5(7)8-4-3-6/h5-11H,1H2,2-4H3;4H,2-3,5-6H2,1H3;2,6H,1,3-4H2. The minimum Gasteiger partial charge on any atom is -0.463 e. The molecule has 7 heteroatoms. The zero-order valence-corrected chi connectivity index (χ0v) is 20.7. The molecule has 34 heavy (non-hydrogen) atoms. The third kappa shape index (κ3) is 21.8. The number of ether oxygens (including phenoxy) is 3. The number of rotatable bonds is 10. The summed E-state index contributed by atoms with van der Waals surface area (Å²) in [6.45, 7) is 18.1. The highest BCUT2D eigenvalue weighted by Gasteiger charge is 2.17. The topological polar surface area (TPSA) is 99.1 Å². The second-order valence-corrected chi connectivity index (χ2v) is 7.59. The van der Waals surface area contributed by atoms with Crippen molar-refractivity contribution in [1.29, 1.82) is 0 Å². The van der Waals surface area contributed by atoms with Crippen molar-refractivity contribution in [3.05, 3.63) is 79.4 Å². The van der Waals surface area contributed by atoms with Gasteiger partial charge >= 0.3 is 17.9 Å². The molecule has 0 fully saturated rings. The molecule has 0 aliphatic carbocycles. The van der Waals surface area contributed by atoms with E-state index in [2.05, 4.69) is 29.2 Å². The molecule has 0 unspecified atom stereocenters. The van der Waals surface area contributed by atoms with Gasteiger partial charge in [-0.05, 0) is 38.8 Å². The van der Waals surface area contributed by atoms with Crippen LogP contribution in [-0.2, 0) is 28.6 Å².